The van der Waals surface area contributed by atoms with Crippen molar-refractivity contribution < 1.29 is 10.2 Å². The maximum absolute atomic E-state index is 10.9. The molecular weight excluding hydrogens is 401 g/mol. The van der Waals surface area contributed by atoms with Crippen LogP contribution in [-0.4, -0.2) is 42.1 Å². The second kappa shape index (κ2) is 5.81. The predicted molar refractivity (Wildman–Crippen MR) is 79.4 cm³/mol. The van der Waals surface area contributed by atoms with Crippen molar-refractivity contribution in [3.05, 3.63) is 21.6 Å². The van der Waals surface area contributed by atoms with Gasteiger partial charge in [-0.3, -0.25) is 0 Å². The molecule has 0 amide bonds. The van der Waals surface area contributed by atoms with E-state index in [-0.39, 0.29) is 13.2 Å². The number of hydrogen-bond acceptors (Lipinski definition) is 4. The lowest BCUT2D eigenvalue weighted by molar-refractivity contribution is 0.00941. The van der Waals surface area contributed by atoms with Gasteiger partial charge in [-0.15, -0.1) is 11.6 Å². The molecule has 0 aliphatic heterocycles. The van der Waals surface area contributed by atoms with Crippen LogP contribution in [0.15, 0.2) is 21.6 Å². The highest BCUT2D eigenvalue weighted by Crippen LogP contribution is 2.54. The van der Waals surface area contributed by atoms with Crippen LogP contribution in [0.4, 0.5) is 0 Å². The fourth-order valence-electron chi connectivity index (χ4n) is 1.95. The van der Waals surface area contributed by atoms with E-state index < -0.39 is 10.5 Å². The number of aliphatic hydroxyl groups excluding tert-OH is 1. The van der Waals surface area contributed by atoms with Crippen LogP contribution >= 0.6 is 43.5 Å². The lowest BCUT2D eigenvalue weighted by Gasteiger charge is -2.33. The molecule has 1 aromatic rings. The Morgan fingerprint density at radius 1 is 1.42 bits per heavy atom. The van der Waals surface area contributed by atoms with Crippen molar-refractivity contribution >= 4 is 43.5 Å². The van der Waals surface area contributed by atoms with Gasteiger partial charge in [0.1, 0.15) is 18.3 Å². The van der Waals surface area contributed by atoms with Gasteiger partial charge < -0.3 is 10.2 Å². The molecule has 1 aliphatic carbocycles. The summed E-state index contributed by atoms with van der Waals surface area (Å²) in [7, 11) is 0. The van der Waals surface area contributed by atoms with Gasteiger partial charge in [-0.1, -0.05) is 31.9 Å². The Hall–Kier alpha value is 0.0500. The average Bonchev–Trinajstić information content (AvgIpc) is 2.93. The lowest BCUT2D eigenvalue weighted by Crippen LogP contribution is -2.45. The van der Waals surface area contributed by atoms with Crippen LogP contribution in [0.1, 0.15) is 19.3 Å². The van der Waals surface area contributed by atoms with E-state index in [1.54, 1.807) is 11.0 Å². The maximum Gasteiger partial charge on any atom is 0.137 e. The summed E-state index contributed by atoms with van der Waals surface area (Å²) in [6.45, 7) is 0.132. The second-order valence-electron chi connectivity index (χ2n) is 4.73. The zero-order valence-electron chi connectivity index (χ0n) is 10.1. The molecule has 1 atom stereocenters. The summed E-state index contributed by atoms with van der Waals surface area (Å²) in [6, 6.07) is 0. The standard InChI is InChI=1S/C11H14Br2ClN3O2/c12-8(9(13)4-18)3-11(19,10(14)1-2-10)5-17-7-15-6-16-17/h6-7,18-19H,1-5H2/b9-8-. The average molecular weight is 416 g/mol. The highest BCUT2D eigenvalue weighted by atomic mass is 79.9. The molecule has 1 aromatic heterocycles. The Labute approximate surface area is 132 Å². The third kappa shape index (κ3) is 3.39. The number of aliphatic hydroxyl groups is 2. The van der Waals surface area contributed by atoms with Crippen molar-refractivity contribution in [2.24, 2.45) is 0 Å². The lowest BCUT2D eigenvalue weighted by atomic mass is 9.92. The minimum Gasteiger partial charge on any atom is -0.391 e. The monoisotopic (exact) mass is 413 g/mol. The number of hydrogen-bond donors (Lipinski definition) is 2. The van der Waals surface area contributed by atoms with Gasteiger partial charge in [0.05, 0.1) is 18.0 Å². The molecule has 2 rings (SSSR count). The van der Waals surface area contributed by atoms with Gasteiger partial charge in [0.2, 0.25) is 0 Å². The SMILES string of the molecule is OC/C(Br)=C(/Br)CC(O)(Cn1cncn1)C1(Cl)CC1. The molecule has 106 valence electrons. The molecule has 1 saturated carbocycles. The zero-order valence-corrected chi connectivity index (χ0v) is 14.0. The highest BCUT2D eigenvalue weighted by Gasteiger charge is 2.58. The first kappa shape index (κ1) is 15.4. The van der Waals surface area contributed by atoms with Gasteiger partial charge in [-0.05, 0) is 12.8 Å². The first-order valence-corrected chi connectivity index (χ1v) is 7.74. The van der Waals surface area contributed by atoms with Gasteiger partial charge in [0.25, 0.3) is 0 Å². The van der Waals surface area contributed by atoms with Crippen LogP contribution in [0.5, 0.6) is 0 Å². The van der Waals surface area contributed by atoms with E-state index in [4.69, 9.17) is 16.7 Å². The Bertz CT molecular complexity index is 476. The molecule has 1 fully saturated rings. The van der Waals surface area contributed by atoms with Gasteiger partial charge in [0.15, 0.2) is 0 Å². The molecule has 0 radical (unpaired) electrons. The second-order valence-corrected chi connectivity index (χ2v) is 7.37. The normalized spacial score (nSPS) is 21.7. The smallest absolute Gasteiger partial charge is 0.137 e. The molecule has 0 saturated heterocycles. The van der Waals surface area contributed by atoms with Crippen molar-refractivity contribution in [1.82, 2.24) is 14.8 Å². The van der Waals surface area contributed by atoms with Crippen LogP contribution in [0.3, 0.4) is 0 Å². The first-order valence-electron chi connectivity index (χ1n) is 5.78. The molecule has 5 nitrogen and oxygen atoms in total. The van der Waals surface area contributed by atoms with E-state index in [2.05, 4.69) is 41.9 Å². The Morgan fingerprint density at radius 3 is 2.58 bits per heavy atom. The molecule has 8 heteroatoms. The van der Waals surface area contributed by atoms with E-state index in [1.165, 1.54) is 6.33 Å². The third-order valence-corrected chi connectivity index (χ3v) is 6.04. The van der Waals surface area contributed by atoms with E-state index in [9.17, 15) is 5.11 Å². The molecule has 0 spiro atoms. The summed E-state index contributed by atoms with van der Waals surface area (Å²) in [5.74, 6) is 0. The number of alkyl halides is 1. The largest absolute Gasteiger partial charge is 0.391 e. The summed E-state index contributed by atoms with van der Waals surface area (Å²) in [6.07, 6.45) is 4.79. The third-order valence-electron chi connectivity index (χ3n) is 3.29. The van der Waals surface area contributed by atoms with Crippen LogP contribution in [0.2, 0.25) is 0 Å². The van der Waals surface area contributed by atoms with Crippen LogP contribution < -0.4 is 0 Å². The topological polar surface area (TPSA) is 71.2 Å². The number of halogens is 3. The maximum atomic E-state index is 10.9. The first-order chi connectivity index (χ1) is 8.90. The molecule has 1 aliphatic rings. The Kier molecular flexibility index (Phi) is 4.72. The van der Waals surface area contributed by atoms with Crippen molar-refractivity contribution in [3.8, 4) is 0 Å². The van der Waals surface area contributed by atoms with Crippen LogP contribution in [0, 0.1) is 0 Å². The summed E-state index contributed by atoms with van der Waals surface area (Å²) in [5.41, 5.74) is -1.14. The van der Waals surface area contributed by atoms with Crippen molar-refractivity contribution in [3.63, 3.8) is 0 Å². The number of aromatic nitrogens is 3. The fourth-order valence-corrected chi connectivity index (χ4v) is 2.90. The predicted octanol–water partition coefficient (Wildman–Crippen LogP) is 2.16. The molecule has 1 heterocycles. The molecule has 0 bridgehead atoms. The fraction of sp³-hybridized carbons (Fsp3) is 0.636. The molecule has 2 N–H and O–H groups in total. The zero-order chi connectivity index (χ0) is 14.1. The van der Waals surface area contributed by atoms with Gasteiger partial charge in [0, 0.05) is 15.4 Å². The Morgan fingerprint density at radius 2 is 2.11 bits per heavy atom. The van der Waals surface area contributed by atoms with Gasteiger partial charge in [-0.2, -0.15) is 5.10 Å². The number of rotatable bonds is 6. The minimum absolute atomic E-state index is 0.130. The van der Waals surface area contributed by atoms with Crippen molar-refractivity contribution in [2.45, 2.75) is 36.3 Å². The van der Waals surface area contributed by atoms with Crippen molar-refractivity contribution in [1.29, 1.82) is 0 Å². The van der Waals surface area contributed by atoms with E-state index in [1.807, 2.05) is 0 Å². The summed E-state index contributed by atoms with van der Waals surface area (Å²) in [4.78, 5) is 3.23. The summed E-state index contributed by atoms with van der Waals surface area (Å²) < 4.78 is 2.87. The molecule has 0 aromatic carbocycles. The molecule has 19 heavy (non-hydrogen) atoms. The van der Waals surface area contributed by atoms with E-state index in [0.29, 0.717) is 15.4 Å². The van der Waals surface area contributed by atoms with E-state index in [0.717, 1.165) is 12.8 Å². The Balaban J connectivity index is 2.21. The van der Waals surface area contributed by atoms with Gasteiger partial charge in [-0.25, -0.2) is 9.67 Å². The highest BCUT2D eigenvalue weighted by molar-refractivity contribution is 9.14. The van der Waals surface area contributed by atoms with Crippen LogP contribution in [-0.2, 0) is 6.54 Å². The molecule has 1 unspecified atom stereocenters. The van der Waals surface area contributed by atoms with Crippen molar-refractivity contribution in [2.75, 3.05) is 6.61 Å². The quantitative estimate of drug-likeness (QED) is 0.699. The van der Waals surface area contributed by atoms with Crippen LogP contribution in [0.25, 0.3) is 0 Å². The van der Waals surface area contributed by atoms with E-state index >= 15 is 0 Å². The summed E-state index contributed by atoms with van der Waals surface area (Å²) >= 11 is 13.1. The van der Waals surface area contributed by atoms with Gasteiger partial charge >= 0.3 is 0 Å². The minimum atomic E-state index is -1.14. The molecular formula is C11H14Br2ClN3O2. The number of nitrogens with zero attached hydrogens (tertiary/aromatic N) is 3. The summed E-state index contributed by atoms with van der Waals surface area (Å²) in [5, 5.41) is 24.0.